The molecule has 0 saturated heterocycles. The zero-order chi connectivity index (χ0) is 23.4. The quantitative estimate of drug-likeness (QED) is 0.219. The first-order chi connectivity index (χ1) is 17.8. The van der Waals surface area contributed by atoms with Crippen LogP contribution in [0.5, 0.6) is 0 Å². The van der Waals surface area contributed by atoms with Crippen molar-refractivity contribution in [3.8, 4) is 11.1 Å². The zero-order valence-corrected chi connectivity index (χ0v) is 19.6. The summed E-state index contributed by atoms with van der Waals surface area (Å²) in [6.45, 7) is 0. The largest absolute Gasteiger partial charge is 0.354 e. The van der Waals surface area contributed by atoms with Gasteiger partial charge in [-0.1, -0.05) is 97.1 Å². The van der Waals surface area contributed by atoms with Gasteiger partial charge < -0.3 is 4.98 Å². The summed E-state index contributed by atoms with van der Waals surface area (Å²) in [7, 11) is 0. The summed E-state index contributed by atoms with van der Waals surface area (Å²) < 4.78 is 0. The van der Waals surface area contributed by atoms with E-state index in [1.54, 1.807) is 0 Å². The van der Waals surface area contributed by atoms with Crippen LogP contribution in [0, 0.1) is 0 Å². The fraction of sp³-hybridized carbons (Fsp3) is 0.0286. The van der Waals surface area contributed by atoms with Crippen molar-refractivity contribution in [3.63, 3.8) is 0 Å². The molecule has 36 heavy (non-hydrogen) atoms. The van der Waals surface area contributed by atoms with Crippen molar-refractivity contribution in [1.82, 2.24) is 4.98 Å². The molecule has 0 amide bonds. The summed E-state index contributed by atoms with van der Waals surface area (Å²) in [6, 6.07) is 40.6. The predicted molar refractivity (Wildman–Crippen MR) is 154 cm³/mol. The fourth-order valence-corrected chi connectivity index (χ4v) is 6.84. The van der Waals surface area contributed by atoms with Crippen LogP contribution in [0.15, 0.2) is 109 Å². The van der Waals surface area contributed by atoms with Gasteiger partial charge in [0.15, 0.2) is 0 Å². The zero-order valence-electron chi connectivity index (χ0n) is 19.6. The third-order valence-corrected chi connectivity index (χ3v) is 8.38. The van der Waals surface area contributed by atoms with Gasteiger partial charge in [0.25, 0.3) is 0 Å². The first kappa shape index (κ1) is 18.7. The molecule has 166 valence electrons. The van der Waals surface area contributed by atoms with Crippen molar-refractivity contribution in [2.75, 3.05) is 0 Å². The Morgan fingerprint density at radius 2 is 0.917 bits per heavy atom. The van der Waals surface area contributed by atoms with Gasteiger partial charge >= 0.3 is 0 Å². The molecule has 0 bridgehead atoms. The lowest BCUT2D eigenvalue weighted by Crippen LogP contribution is -1.86. The molecule has 0 atom stereocenters. The van der Waals surface area contributed by atoms with Crippen LogP contribution in [-0.4, -0.2) is 4.98 Å². The molecule has 1 N–H and O–H groups in total. The molecule has 9 rings (SSSR count). The van der Waals surface area contributed by atoms with E-state index in [1.165, 1.54) is 87.1 Å². The summed E-state index contributed by atoms with van der Waals surface area (Å²) in [5.41, 5.74) is 8.12. The normalized spacial score (nSPS) is 12.9. The van der Waals surface area contributed by atoms with Crippen LogP contribution in [0.4, 0.5) is 0 Å². The molecule has 1 nitrogen and oxygen atoms in total. The summed E-state index contributed by atoms with van der Waals surface area (Å²) in [5.74, 6) is 0. The Kier molecular flexibility index (Phi) is 3.39. The summed E-state index contributed by atoms with van der Waals surface area (Å²) in [4.78, 5) is 3.69. The number of aromatic nitrogens is 1. The number of H-pyrrole nitrogens is 1. The number of hydrogen-bond donors (Lipinski definition) is 1. The molecular formula is C35H21N. The van der Waals surface area contributed by atoms with E-state index in [0.29, 0.717) is 0 Å². The monoisotopic (exact) mass is 455 g/mol. The molecule has 7 aromatic carbocycles. The van der Waals surface area contributed by atoms with E-state index in [9.17, 15) is 0 Å². The van der Waals surface area contributed by atoms with Gasteiger partial charge in [0.05, 0.1) is 0 Å². The van der Waals surface area contributed by atoms with Crippen LogP contribution >= 0.6 is 0 Å². The van der Waals surface area contributed by atoms with Crippen LogP contribution < -0.4 is 0 Å². The van der Waals surface area contributed by atoms with E-state index >= 15 is 0 Å². The minimum atomic E-state index is 1.01. The summed E-state index contributed by atoms with van der Waals surface area (Å²) in [5, 5.41) is 13.3. The van der Waals surface area contributed by atoms with E-state index < -0.39 is 0 Å². The average Bonchev–Trinajstić information content (AvgIpc) is 3.51. The van der Waals surface area contributed by atoms with Gasteiger partial charge in [-0.2, -0.15) is 0 Å². The standard InChI is InChI=1S/C35H21N/c1-3-7-24-20(5-1)9-10-22-19-23-11-13-26-27-16-18-31-35(29(27)15-14-28(26)33(23)32(22)24)34-25-8-4-2-6-21(25)12-17-30(34)36-31/h1-18,36H,19H2. The third-order valence-electron chi connectivity index (χ3n) is 8.38. The maximum atomic E-state index is 3.69. The number of benzene rings is 7. The van der Waals surface area contributed by atoms with Gasteiger partial charge in [0.1, 0.15) is 0 Å². The summed E-state index contributed by atoms with van der Waals surface area (Å²) >= 11 is 0. The number of nitrogens with one attached hydrogen (secondary N) is 1. The van der Waals surface area contributed by atoms with Gasteiger partial charge in [-0.15, -0.1) is 0 Å². The Morgan fingerprint density at radius 3 is 1.78 bits per heavy atom. The Bertz CT molecular complexity index is 2230. The van der Waals surface area contributed by atoms with Crippen LogP contribution in [0.1, 0.15) is 11.1 Å². The lowest BCUT2D eigenvalue weighted by molar-refractivity contribution is 1.27. The van der Waals surface area contributed by atoms with Crippen LogP contribution in [0.3, 0.4) is 0 Å². The van der Waals surface area contributed by atoms with Crippen molar-refractivity contribution in [3.05, 3.63) is 120 Å². The second-order valence-corrected chi connectivity index (χ2v) is 10.2. The number of aromatic amines is 1. The number of rotatable bonds is 0. The van der Waals surface area contributed by atoms with E-state index in [0.717, 1.165) is 6.42 Å². The van der Waals surface area contributed by atoms with Gasteiger partial charge in [0.2, 0.25) is 0 Å². The third kappa shape index (κ3) is 2.26. The van der Waals surface area contributed by atoms with Crippen LogP contribution in [0.2, 0.25) is 0 Å². The molecule has 0 radical (unpaired) electrons. The van der Waals surface area contributed by atoms with Crippen molar-refractivity contribution >= 4 is 64.9 Å². The highest BCUT2D eigenvalue weighted by Crippen LogP contribution is 2.47. The number of hydrogen-bond acceptors (Lipinski definition) is 0. The lowest BCUT2D eigenvalue weighted by Gasteiger charge is -2.12. The molecule has 1 aliphatic carbocycles. The molecule has 0 saturated carbocycles. The predicted octanol–water partition coefficient (Wildman–Crippen LogP) is 9.51. The molecular weight excluding hydrogens is 434 g/mol. The minimum Gasteiger partial charge on any atom is -0.354 e. The Hall–Kier alpha value is -4.62. The van der Waals surface area contributed by atoms with E-state index in [-0.39, 0.29) is 0 Å². The molecule has 0 spiro atoms. The highest BCUT2D eigenvalue weighted by molar-refractivity contribution is 6.30. The Balaban J connectivity index is 1.44. The van der Waals surface area contributed by atoms with Gasteiger partial charge in [0, 0.05) is 21.8 Å². The molecule has 8 aromatic rings. The topological polar surface area (TPSA) is 15.8 Å². The lowest BCUT2D eigenvalue weighted by atomic mass is 9.91. The Labute approximate surface area is 207 Å². The molecule has 1 aliphatic rings. The average molecular weight is 456 g/mol. The minimum absolute atomic E-state index is 1.01. The van der Waals surface area contributed by atoms with Gasteiger partial charge in [-0.25, -0.2) is 0 Å². The smallest absolute Gasteiger partial charge is 0.0471 e. The van der Waals surface area contributed by atoms with E-state index in [2.05, 4.69) is 114 Å². The maximum absolute atomic E-state index is 3.69. The molecule has 0 unspecified atom stereocenters. The van der Waals surface area contributed by atoms with Gasteiger partial charge in [-0.05, 0) is 83.9 Å². The van der Waals surface area contributed by atoms with Crippen molar-refractivity contribution < 1.29 is 0 Å². The van der Waals surface area contributed by atoms with Crippen LogP contribution in [-0.2, 0) is 6.42 Å². The van der Waals surface area contributed by atoms with Crippen LogP contribution in [0.25, 0.3) is 76.0 Å². The second-order valence-electron chi connectivity index (χ2n) is 10.2. The fourth-order valence-electron chi connectivity index (χ4n) is 6.84. The van der Waals surface area contributed by atoms with E-state index in [4.69, 9.17) is 0 Å². The first-order valence-electron chi connectivity index (χ1n) is 12.7. The summed E-state index contributed by atoms with van der Waals surface area (Å²) in [6.07, 6.45) is 1.01. The SMILES string of the molecule is c1ccc2c3c(ccc2c1)Cc1ccc2c(ccc4c2ccc2[nH]c5ccc6ccccc6c5c24)c1-3. The van der Waals surface area contributed by atoms with Crippen molar-refractivity contribution in [2.45, 2.75) is 6.42 Å². The molecule has 0 fully saturated rings. The second kappa shape index (κ2) is 6.53. The number of fused-ring (bicyclic) bond motifs is 15. The highest BCUT2D eigenvalue weighted by Gasteiger charge is 2.23. The molecule has 0 aliphatic heterocycles. The first-order valence-corrected chi connectivity index (χ1v) is 12.7. The van der Waals surface area contributed by atoms with Crippen molar-refractivity contribution in [2.24, 2.45) is 0 Å². The Morgan fingerprint density at radius 1 is 0.389 bits per heavy atom. The molecule has 1 aromatic heterocycles. The van der Waals surface area contributed by atoms with Gasteiger partial charge in [-0.3, -0.25) is 0 Å². The highest BCUT2D eigenvalue weighted by atomic mass is 14.7. The molecule has 1 heterocycles. The van der Waals surface area contributed by atoms with Crippen molar-refractivity contribution in [1.29, 1.82) is 0 Å². The molecule has 1 heteroatoms. The van der Waals surface area contributed by atoms with E-state index in [1.807, 2.05) is 0 Å². The maximum Gasteiger partial charge on any atom is 0.0471 e.